The van der Waals surface area contributed by atoms with E-state index in [0.717, 1.165) is 26.1 Å². The van der Waals surface area contributed by atoms with Crippen LogP contribution >= 0.6 is 0 Å². The minimum atomic E-state index is -0.0143. The van der Waals surface area contributed by atoms with Crippen LogP contribution in [0.5, 0.6) is 0 Å². The van der Waals surface area contributed by atoms with Crippen molar-refractivity contribution in [1.29, 1.82) is 0 Å². The summed E-state index contributed by atoms with van der Waals surface area (Å²) < 4.78 is 6.48. The predicted molar refractivity (Wildman–Crippen MR) is 139 cm³/mol. The molecule has 3 atom stereocenters. The molecule has 2 aromatic rings. The molecule has 0 radical (unpaired) electrons. The zero-order chi connectivity index (χ0) is 23.7. The molecule has 35 heavy (non-hydrogen) atoms. The summed E-state index contributed by atoms with van der Waals surface area (Å²) in [7, 11) is 0. The monoisotopic (exact) mass is 472 g/mol. The number of esters is 1. The van der Waals surface area contributed by atoms with Gasteiger partial charge in [-0.3, -0.25) is 9.69 Å². The third-order valence-corrected chi connectivity index (χ3v) is 9.49. The van der Waals surface area contributed by atoms with Crippen LogP contribution in [0.1, 0.15) is 74.3 Å². The van der Waals surface area contributed by atoms with Gasteiger partial charge in [0.1, 0.15) is 6.10 Å². The minimum absolute atomic E-state index is 0.00430. The summed E-state index contributed by atoms with van der Waals surface area (Å²) in [4.78, 5) is 18.4. The largest absolute Gasteiger partial charge is 0.462 e. The summed E-state index contributed by atoms with van der Waals surface area (Å²) in [6, 6.07) is 22.1. The molecule has 186 valence electrons. The zero-order valence-electron chi connectivity index (χ0n) is 21.0. The Labute approximate surface area is 210 Å². The van der Waals surface area contributed by atoms with Crippen molar-refractivity contribution in [2.45, 2.75) is 74.8 Å². The number of fused-ring (bicyclic) bond motifs is 3. The van der Waals surface area contributed by atoms with E-state index in [4.69, 9.17) is 4.74 Å². The third-order valence-electron chi connectivity index (χ3n) is 9.49. The minimum Gasteiger partial charge on any atom is -0.462 e. The highest BCUT2D eigenvalue weighted by Gasteiger charge is 2.59. The molecular formula is C31H40N2O2. The molecule has 0 amide bonds. The molecular weight excluding hydrogens is 432 g/mol. The number of nitrogens with zero attached hydrogens (tertiary/aromatic N) is 2. The number of rotatable bonds is 7. The van der Waals surface area contributed by atoms with Crippen LogP contribution in [0.15, 0.2) is 60.7 Å². The summed E-state index contributed by atoms with van der Waals surface area (Å²) in [5.41, 5.74) is 2.95. The molecule has 4 heteroatoms. The molecule has 0 spiro atoms. The maximum atomic E-state index is 13.2. The van der Waals surface area contributed by atoms with Crippen molar-refractivity contribution in [2.75, 3.05) is 32.7 Å². The van der Waals surface area contributed by atoms with E-state index in [9.17, 15) is 4.79 Å². The standard InChI is InChI=1S/C31H40N2O2/c34-29(15-20-32-16-7-8-17-32)35-28-23-31(33-18-9-10-19-33)21-26(24-11-3-1-4-12-24)30(28)27(22-31)25-13-5-2-6-14-25/h1-6,11-14,26-28,30H,7-10,15-23H2/t26-,27-,28-,30?,31?/m0/s1. The molecule has 5 fully saturated rings. The van der Waals surface area contributed by atoms with E-state index in [0.29, 0.717) is 24.2 Å². The lowest BCUT2D eigenvalue weighted by Crippen LogP contribution is -2.62. The van der Waals surface area contributed by atoms with Crippen LogP contribution in [0, 0.1) is 5.92 Å². The number of hydrogen-bond donors (Lipinski definition) is 0. The van der Waals surface area contributed by atoms with Gasteiger partial charge in [-0.05, 0) is 87.7 Å². The number of ether oxygens (including phenoxy) is 1. The molecule has 7 rings (SSSR count). The van der Waals surface area contributed by atoms with E-state index in [1.54, 1.807) is 0 Å². The Balaban J connectivity index is 1.33. The van der Waals surface area contributed by atoms with Gasteiger partial charge in [-0.2, -0.15) is 0 Å². The molecule has 2 aromatic carbocycles. The second-order valence-electron chi connectivity index (χ2n) is 11.5. The second kappa shape index (κ2) is 10.1. The van der Waals surface area contributed by atoms with E-state index in [1.165, 1.54) is 62.7 Å². The molecule has 0 unspecified atom stereocenters. The number of benzene rings is 2. The van der Waals surface area contributed by atoms with E-state index in [-0.39, 0.29) is 17.6 Å². The average molecular weight is 473 g/mol. The Kier molecular flexibility index (Phi) is 6.68. The van der Waals surface area contributed by atoms with Crippen molar-refractivity contribution in [1.82, 2.24) is 9.80 Å². The first kappa shape index (κ1) is 23.2. The van der Waals surface area contributed by atoms with Crippen molar-refractivity contribution in [3.05, 3.63) is 71.8 Å². The average Bonchev–Trinajstić information content (AvgIpc) is 3.64. The number of carbonyl (C=O) groups is 1. The normalized spacial score (nSPS) is 33.3. The zero-order valence-corrected chi connectivity index (χ0v) is 21.0. The van der Waals surface area contributed by atoms with Crippen LogP contribution in [-0.4, -0.2) is 60.1 Å². The first-order chi connectivity index (χ1) is 17.2. The molecule has 2 heterocycles. The fourth-order valence-corrected chi connectivity index (χ4v) is 7.91. The lowest BCUT2D eigenvalue weighted by Gasteiger charge is -2.61. The summed E-state index contributed by atoms with van der Waals surface area (Å²) in [6.07, 6.45) is 8.98. The molecule has 2 bridgehead atoms. The molecule has 2 aliphatic heterocycles. The Morgan fingerprint density at radius 1 is 0.771 bits per heavy atom. The molecule has 4 nitrogen and oxygen atoms in total. The summed E-state index contributed by atoms with van der Waals surface area (Å²) >= 11 is 0. The SMILES string of the molecule is O=C(CCN1CCCC1)O[C@H]1CC2(N3CCCC3)C[C@@H](c3ccccc3)C1[C@H](c1ccccc1)C2. The summed E-state index contributed by atoms with van der Waals surface area (Å²) in [6.45, 7) is 5.47. The van der Waals surface area contributed by atoms with Crippen LogP contribution in [0.3, 0.4) is 0 Å². The highest BCUT2D eigenvalue weighted by Crippen LogP contribution is 2.61. The molecule has 5 aliphatic rings. The lowest BCUT2D eigenvalue weighted by atomic mass is 9.51. The van der Waals surface area contributed by atoms with Crippen molar-refractivity contribution in [3.8, 4) is 0 Å². The summed E-state index contributed by atoms with van der Waals surface area (Å²) in [5.74, 6) is 1.17. The quantitative estimate of drug-likeness (QED) is 0.491. The highest BCUT2D eigenvalue weighted by molar-refractivity contribution is 5.70. The lowest BCUT2D eigenvalue weighted by molar-refractivity contribution is -0.168. The second-order valence-corrected chi connectivity index (χ2v) is 11.5. The first-order valence-corrected chi connectivity index (χ1v) is 14.0. The van der Waals surface area contributed by atoms with Gasteiger partial charge in [0.15, 0.2) is 0 Å². The van der Waals surface area contributed by atoms with Crippen molar-refractivity contribution >= 4 is 5.97 Å². The van der Waals surface area contributed by atoms with Gasteiger partial charge in [0.25, 0.3) is 0 Å². The van der Waals surface area contributed by atoms with Crippen LogP contribution < -0.4 is 0 Å². The summed E-state index contributed by atoms with van der Waals surface area (Å²) in [5, 5.41) is 0. The van der Waals surface area contributed by atoms with Crippen LogP contribution in [-0.2, 0) is 9.53 Å². The smallest absolute Gasteiger partial charge is 0.307 e. The number of hydrogen-bond acceptors (Lipinski definition) is 4. The van der Waals surface area contributed by atoms with Gasteiger partial charge in [0.05, 0.1) is 6.42 Å². The van der Waals surface area contributed by atoms with Gasteiger partial charge in [-0.15, -0.1) is 0 Å². The topological polar surface area (TPSA) is 32.8 Å². The van der Waals surface area contributed by atoms with Crippen LogP contribution in [0.4, 0.5) is 0 Å². The molecule has 0 N–H and O–H groups in total. The van der Waals surface area contributed by atoms with Gasteiger partial charge in [0.2, 0.25) is 0 Å². The van der Waals surface area contributed by atoms with E-state index >= 15 is 0 Å². The fourth-order valence-electron chi connectivity index (χ4n) is 7.91. The van der Waals surface area contributed by atoms with Crippen molar-refractivity contribution in [3.63, 3.8) is 0 Å². The van der Waals surface area contributed by atoms with E-state index in [1.807, 2.05) is 0 Å². The van der Waals surface area contributed by atoms with Crippen molar-refractivity contribution in [2.24, 2.45) is 5.92 Å². The predicted octanol–water partition coefficient (Wildman–Crippen LogP) is 5.60. The third kappa shape index (κ3) is 4.68. The maximum Gasteiger partial charge on any atom is 0.307 e. The Bertz CT molecular complexity index is 932. The maximum absolute atomic E-state index is 13.2. The van der Waals surface area contributed by atoms with Crippen LogP contribution in [0.2, 0.25) is 0 Å². The van der Waals surface area contributed by atoms with Gasteiger partial charge < -0.3 is 9.64 Å². The molecule has 2 saturated heterocycles. The Morgan fingerprint density at radius 2 is 1.31 bits per heavy atom. The fraction of sp³-hybridized carbons (Fsp3) is 0.581. The van der Waals surface area contributed by atoms with Gasteiger partial charge in [0, 0.05) is 24.4 Å². The number of carbonyl (C=O) groups excluding carboxylic acids is 1. The van der Waals surface area contributed by atoms with E-state index < -0.39 is 0 Å². The highest BCUT2D eigenvalue weighted by atomic mass is 16.5. The Hall–Kier alpha value is -2.17. The van der Waals surface area contributed by atoms with Crippen molar-refractivity contribution < 1.29 is 9.53 Å². The first-order valence-electron chi connectivity index (χ1n) is 14.0. The molecule has 3 aliphatic carbocycles. The molecule has 0 aromatic heterocycles. The number of likely N-dealkylation sites (tertiary alicyclic amines) is 2. The Morgan fingerprint density at radius 3 is 1.89 bits per heavy atom. The van der Waals surface area contributed by atoms with Gasteiger partial charge in [-0.25, -0.2) is 0 Å². The van der Waals surface area contributed by atoms with Crippen LogP contribution in [0.25, 0.3) is 0 Å². The van der Waals surface area contributed by atoms with Gasteiger partial charge >= 0.3 is 5.97 Å². The van der Waals surface area contributed by atoms with E-state index in [2.05, 4.69) is 70.5 Å². The molecule has 3 saturated carbocycles. The van der Waals surface area contributed by atoms with Gasteiger partial charge in [-0.1, -0.05) is 60.7 Å².